The molecule has 1 unspecified atom stereocenters. The Kier molecular flexibility index (Phi) is 3.62. The van der Waals surface area contributed by atoms with Crippen molar-refractivity contribution in [3.05, 3.63) is 33.0 Å². The minimum Gasteiger partial charge on any atom is -0.381 e. The van der Waals surface area contributed by atoms with Crippen LogP contribution in [0.1, 0.15) is 16.8 Å². The number of hydrogen-bond donors (Lipinski definition) is 0. The van der Waals surface area contributed by atoms with Crippen LogP contribution in [0.25, 0.3) is 0 Å². The Morgan fingerprint density at radius 1 is 1.56 bits per heavy atom. The molecule has 0 radical (unpaired) electrons. The van der Waals surface area contributed by atoms with Gasteiger partial charge in [-0.25, -0.2) is 4.39 Å². The van der Waals surface area contributed by atoms with E-state index in [9.17, 15) is 9.18 Å². The number of rotatable bonds is 2. The molecule has 0 aliphatic carbocycles. The fraction of sp³-hybridized carbons (Fsp3) is 0.364. The van der Waals surface area contributed by atoms with Crippen molar-refractivity contribution in [2.75, 3.05) is 13.2 Å². The van der Waals surface area contributed by atoms with E-state index in [1.165, 1.54) is 12.1 Å². The molecule has 0 N–H and O–H groups in total. The van der Waals surface area contributed by atoms with Crippen molar-refractivity contribution < 1.29 is 13.9 Å². The van der Waals surface area contributed by atoms with Crippen LogP contribution in [-0.4, -0.2) is 19.0 Å². The maximum atomic E-state index is 13.6. The number of benzene rings is 1. The summed E-state index contributed by atoms with van der Waals surface area (Å²) in [4.78, 5) is 11.9. The summed E-state index contributed by atoms with van der Waals surface area (Å²) in [5, 5.41) is 0.337. The number of carbonyl (C=O) groups excluding carboxylic acids is 1. The maximum absolute atomic E-state index is 13.6. The SMILES string of the molecule is O=C(c1cc(Cl)c(Br)cc1F)C1CCOC1. The molecule has 1 aromatic carbocycles. The second-order valence-electron chi connectivity index (χ2n) is 3.67. The molecule has 0 aromatic heterocycles. The molecule has 1 aliphatic heterocycles. The van der Waals surface area contributed by atoms with E-state index < -0.39 is 5.82 Å². The van der Waals surface area contributed by atoms with Crippen molar-refractivity contribution in [1.82, 2.24) is 0 Å². The number of halogens is 3. The summed E-state index contributed by atoms with van der Waals surface area (Å²) < 4.78 is 19.1. The lowest BCUT2D eigenvalue weighted by atomic mass is 9.97. The maximum Gasteiger partial charge on any atom is 0.171 e. The van der Waals surface area contributed by atoms with Crippen LogP contribution in [0.15, 0.2) is 16.6 Å². The van der Waals surface area contributed by atoms with Crippen molar-refractivity contribution in [2.24, 2.45) is 5.92 Å². The van der Waals surface area contributed by atoms with Gasteiger partial charge in [0.1, 0.15) is 5.82 Å². The van der Waals surface area contributed by atoms with Crippen molar-refractivity contribution in [2.45, 2.75) is 6.42 Å². The first-order chi connectivity index (χ1) is 7.59. The van der Waals surface area contributed by atoms with Gasteiger partial charge in [0.25, 0.3) is 0 Å². The van der Waals surface area contributed by atoms with Gasteiger partial charge >= 0.3 is 0 Å². The van der Waals surface area contributed by atoms with Crippen LogP contribution in [0.5, 0.6) is 0 Å². The molecule has 1 saturated heterocycles. The average molecular weight is 308 g/mol. The van der Waals surface area contributed by atoms with Gasteiger partial charge in [0, 0.05) is 17.0 Å². The Balaban J connectivity index is 2.32. The van der Waals surface area contributed by atoms with E-state index in [2.05, 4.69) is 15.9 Å². The van der Waals surface area contributed by atoms with Gasteiger partial charge in [-0.3, -0.25) is 4.79 Å². The van der Waals surface area contributed by atoms with Crippen LogP contribution >= 0.6 is 27.5 Å². The lowest BCUT2D eigenvalue weighted by Crippen LogP contribution is -2.16. The average Bonchev–Trinajstić information content (AvgIpc) is 2.75. The zero-order valence-corrected chi connectivity index (χ0v) is 10.6. The zero-order valence-electron chi connectivity index (χ0n) is 8.30. The highest BCUT2D eigenvalue weighted by atomic mass is 79.9. The molecule has 0 spiro atoms. The van der Waals surface area contributed by atoms with E-state index in [0.717, 1.165) is 0 Å². The smallest absolute Gasteiger partial charge is 0.171 e. The van der Waals surface area contributed by atoms with Crippen molar-refractivity contribution >= 4 is 33.3 Å². The lowest BCUT2D eigenvalue weighted by Gasteiger charge is -2.08. The number of Topliss-reactive ketones (excluding diaryl/α,β-unsaturated/α-hetero) is 1. The molecular formula is C11H9BrClFO2. The molecule has 1 aliphatic rings. The fourth-order valence-corrected chi connectivity index (χ4v) is 2.15. The predicted molar refractivity (Wildman–Crippen MR) is 62.4 cm³/mol. The Labute approximate surface area is 106 Å². The summed E-state index contributed by atoms with van der Waals surface area (Å²) in [5.74, 6) is -1.02. The number of ketones is 1. The third-order valence-corrected chi connectivity index (χ3v) is 3.77. The number of hydrogen-bond acceptors (Lipinski definition) is 2. The second-order valence-corrected chi connectivity index (χ2v) is 4.93. The largest absolute Gasteiger partial charge is 0.381 e. The van der Waals surface area contributed by atoms with Crippen LogP contribution in [0.2, 0.25) is 5.02 Å². The van der Waals surface area contributed by atoms with Crippen molar-refractivity contribution in [1.29, 1.82) is 0 Å². The monoisotopic (exact) mass is 306 g/mol. The van der Waals surface area contributed by atoms with Crippen LogP contribution < -0.4 is 0 Å². The minimum atomic E-state index is -0.548. The zero-order chi connectivity index (χ0) is 11.7. The highest BCUT2D eigenvalue weighted by Gasteiger charge is 2.27. The highest BCUT2D eigenvalue weighted by molar-refractivity contribution is 9.10. The highest BCUT2D eigenvalue weighted by Crippen LogP contribution is 2.28. The van der Waals surface area contributed by atoms with Gasteiger partial charge in [-0.2, -0.15) is 0 Å². The van der Waals surface area contributed by atoms with Crippen LogP contribution in [-0.2, 0) is 4.74 Å². The molecular weight excluding hydrogens is 298 g/mol. The molecule has 1 atom stereocenters. The molecule has 16 heavy (non-hydrogen) atoms. The van der Waals surface area contributed by atoms with Gasteiger partial charge in [-0.05, 0) is 34.5 Å². The van der Waals surface area contributed by atoms with E-state index >= 15 is 0 Å². The lowest BCUT2D eigenvalue weighted by molar-refractivity contribution is 0.0896. The van der Waals surface area contributed by atoms with E-state index in [4.69, 9.17) is 16.3 Å². The normalized spacial score (nSPS) is 20.1. The van der Waals surface area contributed by atoms with Gasteiger partial charge in [0.2, 0.25) is 0 Å². The number of carbonyl (C=O) groups is 1. The molecule has 0 bridgehead atoms. The predicted octanol–water partition coefficient (Wildman–Crippen LogP) is 3.46. The van der Waals surface area contributed by atoms with Crippen molar-refractivity contribution in [3.63, 3.8) is 0 Å². The van der Waals surface area contributed by atoms with Crippen LogP contribution in [0, 0.1) is 11.7 Å². The van der Waals surface area contributed by atoms with Gasteiger partial charge in [0.15, 0.2) is 5.78 Å². The van der Waals surface area contributed by atoms with E-state index in [0.29, 0.717) is 29.1 Å². The quantitative estimate of drug-likeness (QED) is 0.618. The third-order valence-electron chi connectivity index (χ3n) is 2.58. The van der Waals surface area contributed by atoms with Gasteiger partial charge in [-0.15, -0.1) is 0 Å². The molecule has 1 aromatic rings. The summed E-state index contributed by atoms with van der Waals surface area (Å²) >= 11 is 8.94. The first-order valence-electron chi connectivity index (χ1n) is 4.86. The molecule has 2 rings (SSSR count). The third kappa shape index (κ3) is 2.29. The first-order valence-corrected chi connectivity index (χ1v) is 6.03. The van der Waals surface area contributed by atoms with Crippen LogP contribution in [0.3, 0.4) is 0 Å². The summed E-state index contributed by atoms with van der Waals surface area (Å²) in [5.41, 5.74) is 0.0451. The summed E-state index contributed by atoms with van der Waals surface area (Å²) in [6, 6.07) is 2.58. The standard InChI is InChI=1S/C11H9BrClFO2/c12-8-4-10(14)7(3-9(8)13)11(15)6-1-2-16-5-6/h3-4,6H,1-2,5H2. The molecule has 2 nitrogen and oxygen atoms in total. The molecule has 1 heterocycles. The summed E-state index contributed by atoms with van der Waals surface area (Å²) in [6.45, 7) is 0.925. The van der Waals surface area contributed by atoms with Gasteiger partial charge in [-0.1, -0.05) is 11.6 Å². The number of ether oxygens (including phenoxy) is 1. The van der Waals surface area contributed by atoms with Crippen molar-refractivity contribution in [3.8, 4) is 0 Å². The Morgan fingerprint density at radius 2 is 2.31 bits per heavy atom. The second kappa shape index (κ2) is 4.82. The molecule has 5 heteroatoms. The van der Waals surface area contributed by atoms with Gasteiger partial charge < -0.3 is 4.74 Å². The van der Waals surface area contributed by atoms with E-state index in [1.54, 1.807) is 0 Å². The molecule has 0 saturated carbocycles. The Hall–Kier alpha value is -0.450. The van der Waals surface area contributed by atoms with Gasteiger partial charge in [0.05, 0.1) is 17.2 Å². The summed E-state index contributed by atoms with van der Waals surface area (Å²) in [6.07, 6.45) is 0.645. The minimum absolute atomic E-state index is 0.0451. The Morgan fingerprint density at radius 3 is 2.94 bits per heavy atom. The topological polar surface area (TPSA) is 26.3 Å². The van der Waals surface area contributed by atoms with E-state index in [1.807, 2.05) is 0 Å². The Bertz CT molecular complexity index is 430. The first kappa shape index (κ1) is 12.0. The fourth-order valence-electron chi connectivity index (χ4n) is 1.67. The summed E-state index contributed by atoms with van der Waals surface area (Å²) in [7, 11) is 0. The molecule has 0 amide bonds. The van der Waals surface area contributed by atoms with E-state index in [-0.39, 0.29) is 17.3 Å². The molecule has 86 valence electrons. The van der Waals surface area contributed by atoms with Crippen LogP contribution in [0.4, 0.5) is 4.39 Å². The molecule has 1 fully saturated rings.